The highest BCUT2D eigenvalue weighted by Crippen LogP contribution is 2.11. The van der Waals surface area contributed by atoms with E-state index in [0.717, 1.165) is 11.1 Å². The van der Waals surface area contributed by atoms with Gasteiger partial charge in [0, 0.05) is 24.7 Å². The van der Waals surface area contributed by atoms with Crippen molar-refractivity contribution >= 4 is 27.2 Å². The first-order chi connectivity index (χ1) is 9.47. The number of benzene rings is 1. The van der Waals surface area contributed by atoms with Gasteiger partial charge in [-0.15, -0.1) is 0 Å². The van der Waals surface area contributed by atoms with Gasteiger partial charge in [0.15, 0.2) is 0 Å². The van der Waals surface area contributed by atoms with Crippen LogP contribution in [-0.4, -0.2) is 23.6 Å². The Balaban J connectivity index is 2.07. The van der Waals surface area contributed by atoms with Gasteiger partial charge in [-0.05, 0) is 17.7 Å². The lowest BCUT2D eigenvalue weighted by Gasteiger charge is -2.06. The molecule has 2 rings (SSSR count). The van der Waals surface area contributed by atoms with Crippen LogP contribution in [0.5, 0.6) is 0 Å². The largest absolute Gasteiger partial charge is 0.393 e. The first kappa shape index (κ1) is 14.6. The van der Waals surface area contributed by atoms with Crippen molar-refractivity contribution in [3.63, 3.8) is 0 Å². The third-order valence-electron chi connectivity index (χ3n) is 2.63. The van der Waals surface area contributed by atoms with E-state index < -0.39 is 10.0 Å². The highest BCUT2D eigenvalue weighted by molar-refractivity contribution is 7.89. The minimum atomic E-state index is -3.54. The Kier molecular flexibility index (Phi) is 4.48. The van der Waals surface area contributed by atoms with Crippen LogP contribution in [0.15, 0.2) is 41.6 Å². The number of nitrogens with zero attached hydrogens (tertiary/aromatic N) is 1. The molecule has 0 fully saturated rings. The van der Waals surface area contributed by atoms with Crippen LogP contribution < -0.4 is 10.5 Å². The maximum Gasteiger partial charge on any atom is 0.240 e. The van der Waals surface area contributed by atoms with Gasteiger partial charge in [-0.1, -0.05) is 24.4 Å². The van der Waals surface area contributed by atoms with Crippen LogP contribution in [0.3, 0.4) is 0 Å². The van der Waals surface area contributed by atoms with Crippen molar-refractivity contribution in [3.8, 4) is 0 Å². The maximum atomic E-state index is 12.1. The maximum absolute atomic E-state index is 12.1. The minimum absolute atomic E-state index is 0.188. The SMILES string of the molecule is NC(=S)Cc1ccc(S(=O)(=O)NCc2cn[nH]c2)cc1. The molecular formula is C12H14N4O2S2. The second-order valence-corrected chi connectivity index (χ2v) is 6.51. The van der Waals surface area contributed by atoms with E-state index in [1.807, 2.05) is 0 Å². The standard InChI is InChI=1S/C12H14N4O2S2/c13-12(19)5-9-1-3-11(4-2-9)20(17,18)16-8-10-6-14-15-7-10/h1-4,6-7,16H,5,8H2,(H2,13,19)(H,14,15). The van der Waals surface area contributed by atoms with Crippen LogP contribution in [-0.2, 0) is 23.0 Å². The van der Waals surface area contributed by atoms with Crippen LogP contribution in [0.1, 0.15) is 11.1 Å². The lowest BCUT2D eigenvalue weighted by molar-refractivity contribution is 0.581. The van der Waals surface area contributed by atoms with Crippen LogP contribution in [0.25, 0.3) is 0 Å². The zero-order valence-corrected chi connectivity index (χ0v) is 12.2. The first-order valence-corrected chi connectivity index (χ1v) is 7.71. The zero-order valence-electron chi connectivity index (χ0n) is 10.5. The van der Waals surface area contributed by atoms with E-state index in [9.17, 15) is 8.42 Å². The molecule has 8 heteroatoms. The topological polar surface area (TPSA) is 101 Å². The van der Waals surface area contributed by atoms with Gasteiger partial charge in [0.05, 0.1) is 16.1 Å². The smallest absolute Gasteiger partial charge is 0.240 e. The van der Waals surface area contributed by atoms with Gasteiger partial charge in [-0.2, -0.15) is 5.10 Å². The summed E-state index contributed by atoms with van der Waals surface area (Å²) in [6.07, 6.45) is 3.65. The number of thiocarbonyl (C=S) groups is 1. The molecule has 0 atom stereocenters. The molecule has 20 heavy (non-hydrogen) atoms. The quantitative estimate of drug-likeness (QED) is 0.682. The number of H-pyrrole nitrogens is 1. The Hall–Kier alpha value is -1.77. The van der Waals surface area contributed by atoms with Crippen LogP contribution in [0.4, 0.5) is 0 Å². The molecule has 0 amide bonds. The third kappa shape index (κ3) is 3.86. The van der Waals surface area contributed by atoms with Crippen molar-refractivity contribution in [1.29, 1.82) is 0 Å². The third-order valence-corrected chi connectivity index (χ3v) is 4.19. The molecule has 0 saturated carbocycles. The molecule has 106 valence electrons. The van der Waals surface area contributed by atoms with Crippen molar-refractivity contribution in [2.45, 2.75) is 17.9 Å². The predicted molar refractivity (Wildman–Crippen MR) is 79.5 cm³/mol. The first-order valence-electron chi connectivity index (χ1n) is 5.82. The van der Waals surface area contributed by atoms with Crippen LogP contribution in [0, 0.1) is 0 Å². The average molecular weight is 310 g/mol. The molecule has 1 aromatic heterocycles. The summed E-state index contributed by atoms with van der Waals surface area (Å²) in [6.45, 7) is 0.188. The molecule has 0 aliphatic carbocycles. The number of nitrogens with two attached hydrogens (primary N) is 1. The molecule has 6 nitrogen and oxygen atoms in total. The summed E-state index contributed by atoms with van der Waals surface area (Å²) in [5.41, 5.74) is 7.09. The summed E-state index contributed by atoms with van der Waals surface area (Å²) in [4.78, 5) is 0.575. The normalized spacial score (nSPS) is 11.4. The fourth-order valence-electron chi connectivity index (χ4n) is 1.62. The molecule has 1 aromatic carbocycles. The summed E-state index contributed by atoms with van der Waals surface area (Å²) in [5.74, 6) is 0. The highest BCUT2D eigenvalue weighted by atomic mass is 32.2. The molecule has 2 aromatic rings. The Bertz CT molecular complexity index is 679. The second-order valence-electron chi connectivity index (χ2n) is 4.22. The fourth-order valence-corrected chi connectivity index (χ4v) is 2.81. The van der Waals surface area contributed by atoms with Gasteiger partial charge >= 0.3 is 0 Å². The van der Waals surface area contributed by atoms with Gasteiger partial charge in [0.1, 0.15) is 0 Å². The van der Waals surface area contributed by atoms with E-state index in [4.69, 9.17) is 18.0 Å². The summed E-state index contributed by atoms with van der Waals surface area (Å²) < 4.78 is 26.6. The predicted octanol–water partition coefficient (Wildman–Crippen LogP) is 0.717. The van der Waals surface area contributed by atoms with E-state index in [1.165, 1.54) is 12.1 Å². The molecule has 0 aliphatic heterocycles. The van der Waals surface area contributed by atoms with E-state index >= 15 is 0 Å². The number of rotatable bonds is 6. The van der Waals surface area contributed by atoms with Crippen LogP contribution in [0.2, 0.25) is 0 Å². The lowest BCUT2D eigenvalue weighted by Crippen LogP contribution is -2.23. The summed E-state index contributed by atoms with van der Waals surface area (Å²) in [7, 11) is -3.54. The molecule has 0 bridgehead atoms. The Labute approximate surface area is 122 Å². The van der Waals surface area contributed by atoms with E-state index in [0.29, 0.717) is 11.4 Å². The molecule has 0 spiro atoms. The molecule has 0 saturated heterocycles. The van der Waals surface area contributed by atoms with Gasteiger partial charge < -0.3 is 5.73 Å². The number of aromatic amines is 1. The van der Waals surface area contributed by atoms with Crippen molar-refractivity contribution < 1.29 is 8.42 Å². The molecule has 4 N–H and O–H groups in total. The minimum Gasteiger partial charge on any atom is -0.393 e. The molecular weight excluding hydrogens is 296 g/mol. The number of sulfonamides is 1. The molecule has 0 aliphatic rings. The highest BCUT2D eigenvalue weighted by Gasteiger charge is 2.13. The van der Waals surface area contributed by atoms with Crippen molar-refractivity contribution in [2.75, 3.05) is 0 Å². The second kappa shape index (κ2) is 6.12. The molecule has 0 unspecified atom stereocenters. The van der Waals surface area contributed by atoms with Gasteiger partial charge in [0.25, 0.3) is 0 Å². The van der Waals surface area contributed by atoms with E-state index in [1.54, 1.807) is 24.5 Å². The molecule has 1 heterocycles. The fraction of sp³-hybridized carbons (Fsp3) is 0.167. The van der Waals surface area contributed by atoms with Crippen molar-refractivity contribution in [1.82, 2.24) is 14.9 Å². The summed E-state index contributed by atoms with van der Waals surface area (Å²) >= 11 is 4.81. The number of aromatic nitrogens is 2. The van der Waals surface area contributed by atoms with Gasteiger partial charge in [-0.3, -0.25) is 5.10 Å². The van der Waals surface area contributed by atoms with E-state index in [-0.39, 0.29) is 11.4 Å². The van der Waals surface area contributed by atoms with Gasteiger partial charge in [-0.25, -0.2) is 13.1 Å². The average Bonchev–Trinajstić information content (AvgIpc) is 2.89. The Morgan fingerprint density at radius 1 is 1.30 bits per heavy atom. The molecule has 0 radical (unpaired) electrons. The van der Waals surface area contributed by atoms with Crippen molar-refractivity contribution in [3.05, 3.63) is 47.8 Å². The Morgan fingerprint density at radius 3 is 2.55 bits per heavy atom. The number of hydrogen-bond donors (Lipinski definition) is 3. The summed E-state index contributed by atoms with van der Waals surface area (Å²) in [6, 6.07) is 6.47. The monoisotopic (exact) mass is 310 g/mol. The number of nitrogens with one attached hydrogen (secondary N) is 2. The zero-order chi connectivity index (χ0) is 14.6. The van der Waals surface area contributed by atoms with Crippen LogP contribution >= 0.6 is 12.2 Å². The van der Waals surface area contributed by atoms with Crippen molar-refractivity contribution in [2.24, 2.45) is 5.73 Å². The lowest BCUT2D eigenvalue weighted by atomic mass is 10.1. The Morgan fingerprint density at radius 2 is 2.00 bits per heavy atom. The number of hydrogen-bond acceptors (Lipinski definition) is 4. The summed E-state index contributed by atoms with van der Waals surface area (Å²) in [5, 5.41) is 6.37. The van der Waals surface area contributed by atoms with Gasteiger partial charge in [0.2, 0.25) is 10.0 Å². The van der Waals surface area contributed by atoms with E-state index in [2.05, 4.69) is 14.9 Å².